The predicted octanol–water partition coefficient (Wildman–Crippen LogP) is 4.97. The van der Waals surface area contributed by atoms with Gasteiger partial charge in [-0.1, -0.05) is 11.6 Å². The number of methoxy groups -OCH3 is 1. The smallest absolute Gasteiger partial charge is 0.119 e. The molecule has 8 heteroatoms. The van der Waals surface area contributed by atoms with Crippen molar-refractivity contribution in [2.24, 2.45) is 5.41 Å². The van der Waals surface area contributed by atoms with E-state index in [1.54, 1.807) is 13.3 Å². The minimum absolute atomic E-state index is 0.137. The Morgan fingerprint density at radius 1 is 1.21 bits per heavy atom. The topological polar surface area (TPSA) is 78.7 Å². The Balaban J connectivity index is 1.34. The standard InChI is InChI=1S/C26H32ClN3O3S/c1-33-19-2-3-23-21(16-19)25(22(27)17-29-23)24(32)4-7-26(18-31)8-12-30(13-9-26)14-15-34-20-5-10-28-11-6-20/h2-3,5-6,10-11,16-17,24,31-32H,4,7-9,12-15,18H2,1H3. The van der Waals surface area contributed by atoms with Crippen LogP contribution in [0.4, 0.5) is 0 Å². The quantitative estimate of drug-likeness (QED) is 0.379. The molecule has 1 unspecified atom stereocenters. The van der Waals surface area contributed by atoms with Crippen LogP contribution in [0.5, 0.6) is 5.75 Å². The van der Waals surface area contributed by atoms with E-state index in [9.17, 15) is 10.2 Å². The molecule has 2 aromatic heterocycles. The number of rotatable bonds is 10. The van der Waals surface area contributed by atoms with Crippen molar-refractivity contribution < 1.29 is 14.9 Å². The summed E-state index contributed by atoms with van der Waals surface area (Å²) in [6, 6.07) is 9.67. The van der Waals surface area contributed by atoms with Crippen LogP contribution < -0.4 is 4.74 Å². The minimum Gasteiger partial charge on any atom is -0.497 e. The summed E-state index contributed by atoms with van der Waals surface area (Å²) in [5.41, 5.74) is 1.29. The van der Waals surface area contributed by atoms with Crippen LogP contribution in [-0.2, 0) is 0 Å². The number of halogens is 1. The molecule has 1 aliphatic heterocycles. The third-order valence-electron chi connectivity index (χ3n) is 6.93. The molecule has 1 fully saturated rings. The van der Waals surface area contributed by atoms with E-state index in [1.807, 2.05) is 54.5 Å². The van der Waals surface area contributed by atoms with E-state index in [0.717, 1.165) is 55.6 Å². The average Bonchev–Trinajstić information content (AvgIpc) is 2.88. The van der Waals surface area contributed by atoms with Crippen molar-refractivity contribution in [3.05, 3.63) is 59.5 Å². The Kier molecular flexibility index (Phi) is 8.66. The van der Waals surface area contributed by atoms with Crippen molar-refractivity contribution in [3.63, 3.8) is 0 Å². The van der Waals surface area contributed by atoms with Crippen LogP contribution in [0.25, 0.3) is 10.9 Å². The van der Waals surface area contributed by atoms with Gasteiger partial charge < -0.3 is 19.8 Å². The molecule has 1 atom stereocenters. The van der Waals surface area contributed by atoms with Gasteiger partial charge in [0.15, 0.2) is 0 Å². The van der Waals surface area contributed by atoms with E-state index in [-0.39, 0.29) is 12.0 Å². The number of nitrogens with zero attached hydrogens (tertiary/aromatic N) is 3. The lowest BCUT2D eigenvalue weighted by molar-refractivity contribution is 0.0254. The second-order valence-electron chi connectivity index (χ2n) is 8.99. The highest BCUT2D eigenvalue weighted by molar-refractivity contribution is 7.99. The number of likely N-dealkylation sites (tertiary alicyclic amines) is 1. The van der Waals surface area contributed by atoms with Crippen molar-refractivity contribution in [1.82, 2.24) is 14.9 Å². The van der Waals surface area contributed by atoms with Crippen LogP contribution >= 0.6 is 23.4 Å². The molecule has 6 nitrogen and oxygen atoms in total. The van der Waals surface area contributed by atoms with Crippen LogP contribution in [0, 0.1) is 5.41 Å². The number of aliphatic hydroxyl groups excluding tert-OH is 2. The van der Waals surface area contributed by atoms with Crippen LogP contribution in [0.15, 0.2) is 53.8 Å². The number of benzene rings is 1. The number of pyridine rings is 2. The highest BCUT2D eigenvalue weighted by Crippen LogP contribution is 2.40. The predicted molar refractivity (Wildman–Crippen MR) is 138 cm³/mol. The number of piperidine rings is 1. The summed E-state index contributed by atoms with van der Waals surface area (Å²) in [7, 11) is 1.62. The first-order valence-electron chi connectivity index (χ1n) is 11.7. The Hall–Kier alpha value is -1.90. The van der Waals surface area contributed by atoms with Crippen LogP contribution in [0.2, 0.25) is 5.02 Å². The number of hydrogen-bond donors (Lipinski definition) is 2. The first-order valence-corrected chi connectivity index (χ1v) is 13.1. The maximum Gasteiger partial charge on any atom is 0.119 e. The zero-order chi connectivity index (χ0) is 24.0. The molecule has 0 saturated carbocycles. The molecule has 1 aromatic carbocycles. The molecule has 1 saturated heterocycles. The van der Waals surface area contributed by atoms with Crippen molar-refractivity contribution in [1.29, 1.82) is 0 Å². The number of hydrogen-bond acceptors (Lipinski definition) is 7. The van der Waals surface area contributed by atoms with Gasteiger partial charge in [0.2, 0.25) is 0 Å². The lowest BCUT2D eigenvalue weighted by Crippen LogP contribution is -2.43. The minimum atomic E-state index is -0.733. The summed E-state index contributed by atoms with van der Waals surface area (Å²) in [4.78, 5) is 12.2. The molecule has 2 N–H and O–H groups in total. The highest BCUT2D eigenvalue weighted by Gasteiger charge is 2.34. The molecule has 0 amide bonds. The Bertz CT molecular complexity index is 1080. The van der Waals surface area contributed by atoms with Gasteiger partial charge in [0, 0.05) is 53.3 Å². The van der Waals surface area contributed by atoms with Crippen molar-refractivity contribution >= 4 is 34.3 Å². The van der Waals surface area contributed by atoms with E-state index in [0.29, 0.717) is 22.8 Å². The SMILES string of the molecule is COc1ccc2ncc(Cl)c(C(O)CCC3(CO)CCN(CCSc4ccncc4)CC3)c2c1. The molecule has 4 rings (SSSR count). The lowest BCUT2D eigenvalue weighted by atomic mass is 9.74. The largest absolute Gasteiger partial charge is 0.497 e. The van der Waals surface area contributed by atoms with Gasteiger partial charge in [-0.2, -0.15) is 0 Å². The van der Waals surface area contributed by atoms with Gasteiger partial charge in [-0.15, -0.1) is 11.8 Å². The number of thioether (sulfide) groups is 1. The van der Waals surface area contributed by atoms with Crippen LogP contribution in [0.1, 0.15) is 37.4 Å². The summed E-state index contributed by atoms with van der Waals surface area (Å²) in [6.45, 7) is 3.09. The average molecular weight is 502 g/mol. The van der Waals surface area contributed by atoms with Gasteiger partial charge >= 0.3 is 0 Å². The third kappa shape index (κ3) is 6.01. The molecule has 182 valence electrons. The molecule has 0 aliphatic carbocycles. The third-order valence-corrected chi connectivity index (χ3v) is 8.22. The molecule has 1 aliphatic rings. The number of ether oxygens (including phenoxy) is 1. The van der Waals surface area contributed by atoms with E-state index >= 15 is 0 Å². The molecular weight excluding hydrogens is 470 g/mol. The molecule has 0 spiro atoms. The summed E-state index contributed by atoms with van der Waals surface area (Å²) in [5, 5.41) is 22.7. The second-order valence-corrected chi connectivity index (χ2v) is 10.6. The maximum atomic E-state index is 11.1. The van der Waals surface area contributed by atoms with E-state index in [2.05, 4.69) is 14.9 Å². The normalized spacial score (nSPS) is 17.1. The van der Waals surface area contributed by atoms with Gasteiger partial charge in [0.1, 0.15) is 5.75 Å². The van der Waals surface area contributed by atoms with E-state index in [1.165, 1.54) is 4.90 Å². The maximum absolute atomic E-state index is 11.1. The molecule has 0 radical (unpaired) electrons. The van der Waals surface area contributed by atoms with Crippen molar-refractivity contribution in [3.8, 4) is 5.75 Å². The fourth-order valence-corrected chi connectivity index (χ4v) is 5.86. The molecule has 3 heterocycles. The molecule has 3 aromatic rings. The van der Waals surface area contributed by atoms with E-state index < -0.39 is 6.10 Å². The van der Waals surface area contributed by atoms with Crippen molar-refractivity contribution in [2.45, 2.75) is 36.7 Å². The van der Waals surface area contributed by atoms with Gasteiger partial charge in [-0.3, -0.25) is 9.97 Å². The Morgan fingerprint density at radius 2 is 1.97 bits per heavy atom. The first kappa shape index (κ1) is 25.2. The zero-order valence-electron chi connectivity index (χ0n) is 19.5. The second kappa shape index (κ2) is 11.7. The summed E-state index contributed by atoms with van der Waals surface area (Å²) < 4.78 is 5.35. The fraction of sp³-hybridized carbons (Fsp3) is 0.462. The number of fused-ring (bicyclic) bond motifs is 1. The fourth-order valence-electron chi connectivity index (χ4n) is 4.69. The monoisotopic (exact) mass is 501 g/mol. The van der Waals surface area contributed by atoms with Gasteiger partial charge in [-0.25, -0.2) is 0 Å². The zero-order valence-corrected chi connectivity index (χ0v) is 21.1. The lowest BCUT2D eigenvalue weighted by Gasteiger charge is -2.41. The summed E-state index contributed by atoms with van der Waals surface area (Å²) >= 11 is 8.32. The molecule has 0 bridgehead atoms. The van der Waals surface area contributed by atoms with Gasteiger partial charge in [0.05, 0.1) is 23.8 Å². The number of aromatic nitrogens is 2. The van der Waals surface area contributed by atoms with Crippen LogP contribution in [0.3, 0.4) is 0 Å². The molecule has 34 heavy (non-hydrogen) atoms. The van der Waals surface area contributed by atoms with E-state index in [4.69, 9.17) is 16.3 Å². The Labute approximate surface area is 210 Å². The van der Waals surface area contributed by atoms with Gasteiger partial charge in [-0.05, 0) is 74.5 Å². The highest BCUT2D eigenvalue weighted by atomic mass is 35.5. The van der Waals surface area contributed by atoms with Crippen molar-refractivity contribution in [2.75, 3.05) is 39.1 Å². The molecular formula is C26H32ClN3O3S. The number of aliphatic hydroxyl groups is 2. The Morgan fingerprint density at radius 3 is 2.68 bits per heavy atom. The van der Waals surface area contributed by atoms with Crippen LogP contribution in [-0.4, -0.2) is 64.2 Å². The van der Waals surface area contributed by atoms with Gasteiger partial charge in [0.25, 0.3) is 0 Å². The summed E-state index contributed by atoms with van der Waals surface area (Å²) in [5.74, 6) is 1.73. The first-order chi connectivity index (χ1) is 16.5. The summed E-state index contributed by atoms with van der Waals surface area (Å²) in [6.07, 6.45) is 7.64.